The van der Waals surface area contributed by atoms with Gasteiger partial charge in [-0.3, -0.25) is 0 Å². The maximum Gasteiger partial charge on any atom is -0.0214 e. The Morgan fingerprint density at radius 2 is 1.06 bits per heavy atom. The van der Waals surface area contributed by atoms with E-state index in [1.54, 1.807) is 12.3 Å². The van der Waals surface area contributed by atoms with Crippen molar-refractivity contribution in [2.24, 2.45) is 0 Å². The molecule has 0 N–H and O–H groups in total. The Balaban J connectivity index is 3.91. The molecule has 0 nitrogen and oxygen atoms in total. The summed E-state index contributed by atoms with van der Waals surface area (Å²) in [4.78, 5) is 0. The molecule has 0 heterocycles. The third-order valence-corrected chi connectivity index (χ3v) is 7.60. The van der Waals surface area contributed by atoms with Crippen LogP contribution >= 0.6 is 7.92 Å². The van der Waals surface area contributed by atoms with Gasteiger partial charge in [-0.25, -0.2) is 0 Å². The zero-order valence-electron chi connectivity index (χ0n) is 13.5. The number of hydrogen-bond donors (Lipinski definition) is 0. The fourth-order valence-corrected chi connectivity index (χ4v) is 6.01. The van der Waals surface area contributed by atoms with Crippen molar-refractivity contribution in [1.29, 1.82) is 0 Å². The van der Waals surface area contributed by atoms with Crippen molar-refractivity contribution in [1.82, 2.24) is 0 Å². The Kier molecular flexibility index (Phi) is 14.2. The first kappa shape index (κ1) is 18.4. The highest BCUT2D eigenvalue weighted by Crippen LogP contribution is 2.46. The zero-order chi connectivity index (χ0) is 13.6. The molecule has 0 aliphatic rings. The van der Waals surface area contributed by atoms with Crippen LogP contribution < -0.4 is 0 Å². The van der Waals surface area contributed by atoms with E-state index in [-0.39, 0.29) is 0 Å². The van der Waals surface area contributed by atoms with Gasteiger partial charge in [-0.2, -0.15) is 0 Å². The first-order valence-electron chi connectivity index (χ1n) is 8.54. The maximum absolute atomic E-state index is 2.40. The van der Waals surface area contributed by atoms with Crippen molar-refractivity contribution in [2.75, 3.05) is 12.3 Å². The van der Waals surface area contributed by atoms with Crippen LogP contribution in [0.4, 0.5) is 0 Å². The van der Waals surface area contributed by atoms with E-state index in [2.05, 4.69) is 27.7 Å². The maximum atomic E-state index is 2.40. The Morgan fingerprint density at radius 1 is 0.611 bits per heavy atom. The van der Waals surface area contributed by atoms with E-state index in [9.17, 15) is 0 Å². The summed E-state index contributed by atoms with van der Waals surface area (Å²) >= 11 is 0. The third kappa shape index (κ3) is 9.37. The van der Waals surface area contributed by atoms with Crippen molar-refractivity contribution >= 4 is 7.92 Å². The topological polar surface area (TPSA) is 0 Å². The molecule has 0 bridgehead atoms. The van der Waals surface area contributed by atoms with Crippen LogP contribution in [0.2, 0.25) is 0 Å². The third-order valence-electron chi connectivity index (χ3n) is 4.06. The molecule has 0 aromatic carbocycles. The summed E-state index contributed by atoms with van der Waals surface area (Å²) in [7, 11) is 0.342. The first-order valence-corrected chi connectivity index (χ1v) is 10.3. The lowest BCUT2D eigenvalue weighted by Gasteiger charge is -2.26. The largest absolute Gasteiger partial charge is 0.104 e. The van der Waals surface area contributed by atoms with Crippen LogP contribution in [0, 0.1) is 0 Å². The minimum absolute atomic E-state index is 0.342. The van der Waals surface area contributed by atoms with Crippen molar-refractivity contribution < 1.29 is 0 Å². The van der Waals surface area contributed by atoms with Crippen LogP contribution in [-0.2, 0) is 0 Å². The fourth-order valence-electron chi connectivity index (χ4n) is 2.77. The van der Waals surface area contributed by atoms with E-state index in [1.807, 2.05) is 0 Å². The highest BCUT2D eigenvalue weighted by Gasteiger charge is 2.16. The molecule has 0 saturated heterocycles. The predicted molar refractivity (Wildman–Crippen MR) is 89.3 cm³/mol. The van der Waals surface area contributed by atoms with Gasteiger partial charge in [-0.1, -0.05) is 66.2 Å². The summed E-state index contributed by atoms with van der Waals surface area (Å²) in [5.74, 6) is 0. The van der Waals surface area contributed by atoms with Gasteiger partial charge in [-0.15, -0.1) is 7.92 Å². The highest BCUT2D eigenvalue weighted by molar-refractivity contribution is 7.58. The molecule has 0 rings (SSSR count). The van der Waals surface area contributed by atoms with E-state index in [1.165, 1.54) is 64.2 Å². The molecule has 0 atom stereocenters. The molecule has 0 spiro atoms. The summed E-state index contributed by atoms with van der Waals surface area (Å²) in [5, 5.41) is 0. The van der Waals surface area contributed by atoms with Gasteiger partial charge < -0.3 is 0 Å². The Hall–Kier alpha value is 0.430. The lowest BCUT2D eigenvalue weighted by atomic mass is 10.2. The second-order valence-electron chi connectivity index (χ2n) is 5.63. The Bertz CT molecular complexity index is 140. The van der Waals surface area contributed by atoms with Gasteiger partial charge in [0, 0.05) is 0 Å². The van der Waals surface area contributed by atoms with Gasteiger partial charge >= 0.3 is 0 Å². The molecule has 0 unspecified atom stereocenters. The highest BCUT2D eigenvalue weighted by atomic mass is 31.1. The minimum Gasteiger partial charge on any atom is -0.104 e. The summed E-state index contributed by atoms with van der Waals surface area (Å²) < 4.78 is 0. The molecule has 0 amide bonds. The van der Waals surface area contributed by atoms with Gasteiger partial charge in [0.15, 0.2) is 0 Å². The molecular formula is C17H37P. The number of rotatable bonds is 13. The minimum atomic E-state index is 0.342. The van der Waals surface area contributed by atoms with E-state index >= 15 is 0 Å². The Labute approximate surface area is 118 Å². The average Bonchev–Trinajstić information content (AvgIpc) is 2.40. The number of unbranched alkanes of at least 4 members (excludes halogenated alkanes) is 6. The standard InChI is InChI=1S/C17H37P/c1-5-9-11-13-15-18(17(7-3)8-4)16-14-12-10-6-2/h17H,5-16H2,1-4H3. The van der Waals surface area contributed by atoms with Crippen LogP contribution in [0.25, 0.3) is 0 Å². The fraction of sp³-hybridized carbons (Fsp3) is 1.00. The second-order valence-corrected chi connectivity index (χ2v) is 8.43. The summed E-state index contributed by atoms with van der Waals surface area (Å²) in [6, 6.07) is 0. The van der Waals surface area contributed by atoms with Crippen molar-refractivity contribution in [3.63, 3.8) is 0 Å². The van der Waals surface area contributed by atoms with Crippen LogP contribution in [0.5, 0.6) is 0 Å². The average molecular weight is 272 g/mol. The van der Waals surface area contributed by atoms with Crippen LogP contribution in [0.3, 0.4) is 0 Å². The van der Waals surface area contributed by atoms with Crippen LogP contribution in [0.1, 0.15) is 91.9 Å². The molecule has 0 aliphatic heterocycles. The molecule has 0 aromatic heterocycles. The first-order chi connectivity index (χ1) is 8.79. The summed E-state index contributed by atoms with van der Waals surface area (Å²) in [6.45, 7) is 9.44. The molecule has 0 fully saturated rings. The van der Waals surface area contributed by atoms with E-state index in [0.29, 0.717) is 7.92 Å². The van der Waals surface area contributed by atoms with E-state index in [4.69, 9.17) is 0 Å². The van der Waals surface area contributed by atoms with Gasteiger partial charge in [0.25, 0.3) is 0 Å². The number of hydrogen-bond acceptors (Lipinski definition) is 0. The summed E-state index contributed by atoms with van der Waals surface area (Å²) in [5.41, 5.74) is 1.06. The molecule has 0 radical (unpaired) electrons. The molecule has 0 aromatic rings. The van der Waals surface area contributed by atoms with E-state index in [0.717, 1.165) is 5.66 Å². The van der Waals surface area contributed by atoms with E-state index < -0.39 is 0 Å². The van der Waals surface area contributed by atoms with Crippen molar-refractivity contribution in [3.8, 4) is 0 Å². The van der Waals surface area contributed by atoms with Crippen LogP contribution in [0.15, 0.2) is 0 Å². The van der Waals surface area contributed by atoms with Gasteiger partial charge in [-0.05, 0) is 43.7 Å². The normalized spacial score (nSPS) is 11.7. The molecule has 0 aliphatic carbocycles. The van der Waals surface area contributed by atoms with Crippen molar-refractivity contribution in [2.45, 2.75) is 97.6 Å². The zero-order valence-corrected chi connectivity index (χ0v) is 14.4. The summed E-state index contributed by atoms with van der Waals surface area (Å²) in [6.07, 6.45) is 17.6. The molecule has 110 valence electrons. The Morgan fingerprint density at radius 3 is 1.39 bits per heavy atom. The smallest absolute Gasteiger partial charge is 0.0214 e. The molecule has 18 heavy (non-hydrogen) atoms. The lowest BCUT2D eigenvalue weighted by molar-refractivity contribution is 0.687. The SMILES string of the molecule is CCCCCCP(CCCCCC)C(CC)CC. The van der Waals surface area contributed by atoms with Gasteiger partial charge in [0.05, 0.1) is 0 Å². The van der Waals surface area contributed by atoms with Gasteiger partial charge in [0.1, 0.15) is 0 Å². The molecule has 0 saturated carbocycles. The lowest BCUT2D eigenvalue weighted by Crippen LogP contribution is -2.08. The predicted octanol–water partition coefficient (Wildman–Crippen LogP) is 6.82. The van der Waals surface area contributed by atoms with Crippen LogP contribution in [-0.4, -0.2) is 18.0 Å². The van der Waals surface area contributed by atoms with Crippen molar-refractivity contribution in [3.05, 3.63) is 0 Å². The molecule has 1 heteroatoms. The quantitative estimate of drug-likeness (QED) is 0.255. The molecular weight excluding hydrogens is 235 g/mol. The van der Waals surface area contributed by atoms with Gasteiger partial charge in [0.2, 0.25) is 0 Å². The second kappa shape index (κ2) is 13.9. The monoisotopic (exact) mass is 272 g/mol.